The molecule has 0 aliphatic carbocycles. The number of nitrogens with zero attached hydrogens (tertiary/aromatic N) is 1. The quantitative estimate of drug-likeness (QED) is 0.873. The van der Waals surface area contributed by atoms with Crippen molar-refractivity contribution in [1.82, 2.24) is 4.57 Å². The first kappa shape index (κ1) is 14.2. The predicted molar refractivity (Wildman–Crippen MR) is 70.7 cm³/mol. The van der Waals surface area contributed by atoms with Crippen molar-refractivity contribution in [2.45, 2.75) is 25.8 Å². The number of halogens is 2. The van der Waals surface area contributed by atoms with E-state index in [4.69, 9.17) is 5.11 Å². The minimum Gasteiger partial charge on any atom is -0.477 e. The van der Waals surface area contributed by atoms with Crippen LogP contribution in [0.3, 0.4) is 0 Å². The van der Waals surface area contributed by atoms with Gasteiger partial charge in [0.25, 0.3) is 0 Å². The molecule has 2 heterocycles. The molecule has 0 radical (unpaired) electrons. The van der Waals surface area contributed by atoms with Gasteiger partial charge >= 0.3 is 5.97 Å². The minimum atomic E-state index is -1.28. The molecule has 1 aliphatic heterocycles. The van der Waals surface area contributed by atoms with E-state index in [9.17, 15) is 14.0 Å². The van der Waals surface area contributed by atoms with E-state index in [1.165, 1.54) is 12.3 Å². The molecule has 1 N–H and O–H groups in total. The van der Waals surface area contributed by atoms with Crippen LogP contribution in [0.4, 0.5) is 9.09 Å². The van der Waals surface area contributed by atoms with Crippen LogP contribution >= 0.6 is 0 Å². The Morgan fingerprint density at radius 1 is 1.45 bits per heavy atom. The maximum Gasteiger partial charge on any atom is 0.341 e. The molecule has 0 saturated heterocycles. The normalized spacial score (nSPS) is 16.8. The molecule has 1 atom stereocenters. The Labute approximate surface area is 112 Å². The summed E-state index contributed by atoms with van der Waals surface area (Å²) in [6, 6.07) is 2.64. The number of carboxylic acids is 1. The van der Waals surface area contributed by atoms with Crippen LogP contribution in [0.2, 0.25) is 0 Å². The predicted octanol–water partition coefficient (Wildman–Crippen LogP) is 2.50. The largest absolute Gasteiger partial charge is 0.477 e. The number of carbonyl (C=O) groups is 1. The number of aromatic carboxylic acids is 1. The second-order valence-corrected chi connectivity index (χ2v) is 4.93. The Morgan fingerprint density at radius 2 is 2.15 bits per heavy atom. The van der Waals surface area contributed by atoms with Gasteiger partial charge in [-0.15, -0.1) is 0 Å². The summed E-state index contributed by atoms with van der Waals surface area (Å²) in [5.74, 6) is -1.78. The lowest BCUT2D eigenvalue weighted by Crippen LogP contribution is -2.24. The van der Waals surface area contributed by atoms with Gasteiger partial charge < -0.3 is 9.67 Å². The lowest BCUT2D eigenvalue weighted by Gasteiger charge is -2.26. The van der Waals surface area contributed by atoms with Crippen molar-refractivity contribution in [3.8, 4) is 0 Å². The van der Waals surface area contributed by atoms with Gasteiger partial charge in [0.15, 0.2) is 0 Å². The topological polar surface area (TPSA) is 59.3 Å². The summed E-state index contributed by atoms with van der Waals surface area (Å²) in [4.78, 5) is 23.2. The fourth-order valence-corrected chi connectivity index (χ4v) is 2.74. The van der Waals surface area contributed by atoms with Crippen molar-refractivity contribution in [3.05, 3.63) is 45.5 Å². The number of hydrogen-bond donors (Lipinski definition) is 1. The molecule has 0 spiro atoms. The van der Waals surface area contributed by atoms with Crippen molar-refractivity contribution in [2.75, 3.05) is 0 Å². The maximum atomic E-state index is 13.6. The average molecular weight is 281 g/mol. The molecule has 1 aromatic carbocycles. The lowest BCUT2D eigenvalue weighted by molar-refractivity contribution is 0.0694. The molecule has 1 aromatic heterocycles. The highest BCUT2D eigenvalue weighted by Gasteiger charge is 2.23. The summed E-state index contributed by atoms with van der Waals surface area (Å²) in [7, 11) is 0. The highest BCUT2D eigenvalue weighted by atomic mass is 19.1. The van der Waals surface area contributed by atoms with Crippen LogP contribution in [0.5, 0.6) is 0 Å². The summed E-state index contributed by atoms with van der Waals surface area (Å²) in [6.45, 7) is 1.96. The number of rotatable bonds is 1. The Kier molecular flexibility index (Phi) is 3.33. The summed E-state index contributed by atoms with van der Waals surface area (Å²) in [5.41, 5.74) is 0.503. The standard InChI is InChI=1S/C14H12FNO3.FH/c1-7-2-3-8-4-9(15)5-10-12(8)16(7)6-11(13(10)17)14(18)19;/h4-7H,2-3H2,1H3,(H,18,19);1H. The molecule has 2 aromatic rings. The van der Waals surface area contributed by atoms with Gasteiger partial charge in [0.1, 0.15) is 11.4 Å². The van der Waals surface area contributed by atoms with Crippen molar-refractivity contribution >= 4 is 16.9 Å². The Morgan fingerprint density at radius 3 is 2.80 bits per heavy atom. The van der Waals surface area contributed by atoms with Gasteiger partial charge in [-0.3, -0.25) is 9.50 Å². The molecule has 20 heavy (non-hydrogen) atoms. The van der Waals surface area contributed by atoms with E-state index in [-0.39, 0.29) is 21.7 Å². The second kappa shape index (κ2) is 4.70. The first-order valence-electron chi connectivity index (χ1n) is 6.09. The van der Waals surface area contributed by atoms with Gasteiger partial charge in [-0.2, -0.15) is 0 Å². The van der Waals surface area contributed by atoms with Crippen LogP contribution in [-0.4, -0.2) is 15.6 Å². The average Bonchev–Trinajstić information content (AvgIpc) is 2.35. The number of aromatic nitrogens is 1. The summed E-state index contributed by atoms with van der Waals surface area (Å²) in [5, 5.41) is 9.24. The van der Waals surface area contributed by atoms with Crippen LogP contribution in [0.1, 0.15) is 35.3 Å². The monoisotopic (exact) mass is 281 g/mol. The molecular formula is C14H13F2NO3. The number of hydrogen-bond acceptors (Lipinski definition) is 2. The Bertz CT molecular complexity index is 767. The fourth-order valence-electron chi connectivity index (χ4n) is 2.74. The van der Waals surface area contributed by atoms with Gasteiger partial charge in [-0.25, -0.2) is 9.18 Å². The molecule has 0 bridgehead atoms. The molecule has 6 heteroatoms. The first-order chi connectivity index (χ1) is 8.99. The van der Waals surface area contributed by atoms with Crippen LogP contribution in [0.15, 0.2) is 23.1 Å². The molecule has 1 aliphatic rings. The highest BCUT2D eigenvalue weighted by Crippen LogP contribution is 2.30. The van der Waals surface area contributed by atoms with E-state index >= 15 is 0 Å². The highest BCUT2D eigenvalue weighted by molar-refractivity contribution is 5.93. The second-order valence-electron chi connectivity index (χ2n) is 4.93. The van der Waals surface area contributed by atoms with Crippen LogP contribution in [-0.2, 0) is 6.42 Å². The zero-order valence-electron chi connectivity index (χ0n) is 10.7. The SMILES string of the molecule is CC1CCc2cc(F)cc3c(=O)c(C(=O)O)cn1c23.F. The molecular weight excluding hydrogens is 268 g/mol. The van der Waals surface area contributed by atoms with Crippen molar-refractivity contribution < 1.29 is 19.0 Å². The first-order valence-corrected chi connectivity index (χ1v) is 6.09. The zero-order chi connectivity index (χ0) is 13.7. The van der Waals surface area contributed by atoms with E-state index in [0.717, 1.165) is 18.1 Å². The number of pyridine rings is 1. The van der Waals surface area contributed by atoms with Crippen molar-refractivity contribution in [1.29, 1.82) is 0 Å². The van der Waals surface area contributed by atoms with E-state index < -0.39 is 17.2 Å². The third-order valence-electron chi connectivity index (χ3n) is 3.71. The number of benzene rings is 1. The van der Waals surface area contributed by atoms with Gasteiger partial charge in [-0.1, -0.05) is 0 Å². The molecule has 0 saturated carbocycles. The van der Waals surface area contributed by atoms with Crippen LogP contribution < -0.4 is 5.43 Å². The fraction of sp³-hybridized carbons (Fsp3) is 0.286. The van der Waals surface area contributed by atoms with E-state index in [1.807, 2.05) is 6.92 Å². The van der Waals surface area contributed by atoms with Crippen LogP contribution in [0.25, 0.3) is 10.9 Å². The van der Waals surface area contributed by atoms with Crippen molar-refractivity contribution in [2.24, 2.45) is 0 Å². The minimum absolute atomic E-state index is 0. The van der Waals surface area contributed by atoms with E-state index in [1.54, 1.807) is 4.57 Å². The molecule has 0 amide bonds. The number of aryl methyl sites for hydroxylation is 1. The van der Waals surface area contributed by atoms with Crippen molar-refractivity contribution in [3.63, 3.8) is 0 Å². The molecule has 106 valence electrons. The maximum absolute atomic E-state index is 13.6. The smallest absolute Gasteiger partial charge is 0.341 e. The summed E-state index contributed by atoms with van der Waals surface area (Å²) < 4.78 is 15.3. The summed E-state index contributed by atoms with van der Waals surface area (Å²) in [6.07, 6.45) is 2.87. The third-order valence-corrected chi connectivity index (χ3v) is 3.71. The third kappa shape index (κ3) is 1.88. The summed E-state index contributed by atoms with van der Waals surface area (Å²) >= 11 is 0. The van der Waals surface area contributed by atoms with Gasteiger partial charge in [0.05, 0.1) is 5.52 Å². The Balaban J connectivity index is 0.00000147. The molecule has 3 rings (SSSR count). The lowest BCUT2D eigenvalue weighted by atomic mass is 9.96. The van der Waals surface area contributed by atoms with Gasteiger partial charge in [0, 0.05) is 17.6 Å². The molecule has 1 unspecified atom stereocenters. The van der Waals surface area contributed by atoms with Crippen LogP contribution in [0, 0.1) is 5.82 Å². The molecule has 4 nitrogen and oxygen atoms in total. The van der Waals surface area contributed by atoms with E-state index in [0.29, 0.717) is 11.9 Å². The van der Waals surface area contributed by atoms with E-state index in [2.05, 4.69) is 0 Å². The number of carboxylic acid groups (broad SMARTS) is 1. The Hall–Kier alpha value is -2.24. The molecule has 0 fully saturated rings. The van der Waals surface area contributed by atoms with Gasteiger partial charge in [-0.05, 0) is 37.5 Å². The zero-order valence-corrected chi connectivity index (χ0v) is 10.7. The van der Waals surface area contributed by atoms with Gasteiger partial charge in [0.2, 0.25) is 5.43 Å².